The molecule has 6 nitrogen and oxygen atoms in total. The van der Waals surface area contributed by atoms with E-state index in [1.165, 1.54) is 0 Å². The first kappa shape index (κ1) is 21.5. The summed E-state index contributed by atoms with van der Waals surface area (Å²) in [6, 6.07) is 17.6. The van der Waals surface area contributed by atoms with Crippen LogP contribution in [0.3, 0.4) is 0 Å². The third kappa shape index (κ3) is 7.48. The number of para-hydroxylation sites is 1. The molecular formula is C18H15F3N2O4. The number of rotatable bonds is 5. The molecule has 27 heavy (non-hydrogen) atoms. The fourth-order valence-electron chi connectivity index (χ4n) is 1.94. The number of nitrogens with zero attached hydrogens (tertiary/aromatic N) is 1. The summed E-state index contributed by atoms with van der Waals surface area (Å²) in [4.78, 5) is 20.3. The Morgan fingerprint density at radius 2 is 1.56 bits per heavy atom. The molecule has 9 heteroatoms. The SMILES string of the molecule is N#Cc1ccccc1N[C@@H](Cc1ccccc1)C(=O)O.O=C(O)C(F)(F)F. The molecule has 2 rings (SSSR count). The van der Waals surface area contributed by atoms with Crippen LogP contribution in [0.25, 0.3) is 0 Å². The van der Waals surface area contributed by atoms with Gasteiger partial charge in [-0.05, 0) is 17.7 Å². The van der Waals surface area contributed by atoms with Gasteiger partial charge in [0.1, 0.15) is 12.1 Å². The van der Waals surface area contributed by atoms with E-state index in [1.54, 1.807) is 24.3 Å². The zero-order chi connectivity index (χ0) is 20.4. The highest BCUT2D eigenvalue weighted by Gasteiger charge is 2.38. The Kier molecular flexibility index (Phi) is 7.82. The zero-order valence-corrected chi connectivity index (χ0v) is 13.8. The first-order chi connectivity index (χ1) is 12.6. The van der Waals surface area contributed by atoms with E-state index in [9.17, 15) is 23.1 Å². The number of halogens is 3. The minimum absolute atomic E-state index is 0.357. The number of aliphatic carboxylic acids is 2. The van der Waals surface area contributed by atoms with Crippen LogP contribution in [0.5, 0.6) is 0 Å². The fourth-order valence-corrected chi connectivity index (χ4v) is 1.94. The summed E-state index contributed by atoms with van der Waals surface area (Å²) in [7, 11) is 0. The van der Waals surface area contributed by atoms with Gasteiger partial charge in [-0.25, -0.2) is 9.59 Å². The minimum Gasteiger partial charge on any atom is -0.480 e. The maximum atomic E-state index is 11.4. The molecular weight excluding hydrogens is 365 g/mol. The van der Waals surface area contributed by atoms with Gasteiger partial charge >= 0.3 is 18.1 Å². The summed E-state index contributed by atoms with van der Waals surface area (Å²) in [5.74, 6) is -3.70. The summed E-state index contributed by atoms with van der Waals surface area (Å²) in [5.41, 5.74) is 1.91. The van der Waals surface area contributed by atoms with E-state index < -0.39 is 24.2 Å². The quantitative estimate of drug-likeness (QED) is 0.734. The first-order valence-electron chi connectivity index (χ1n) is 7.47. The van der Waals surface area contributed by atoms with Crippen LogP contribution in [-0.4, -0.2) is 34.4 Å². The largest absolute Gasteiger partial charge is 0.490 e. The second-order valence-corrected chi connectivity index (χ2v) is 5.19. The van der Waals surface area contributed by atoms with Gasteiger partial charge in [0.15, 0.2) is 0 Å². The smallest absolute Gasteiger partial charge is 0.480 e. The van der Waals surface area contributed by atoms with Crippen LogP contribution in [0.15, 0.2) is 54.6 Å². The lowest BCUT2D eigenvalue weighted by molar-refractivity contribution is -0.192. The molecule has 3 N–H and O–H groups in total. The van der Waals surface area contributed by atoms with E-state index in [2.05, 4.69) is 5.32 Å². The van der Waals surface area contributed by atoms with Crippen LogP contribution in [-0.2, 0) is 16.0 Å². The van der Waals surface area contributed by atoms with Gasteiger partial charge in [0, 0.05) is 6.42 Å². The van der Waals surface area contributed by atoms with Gasteiger partial charge < -0.3 is 15.5 Å². The number of carboxylic acids is 2. The highest BCUT2D eigenvalue weighted by atomic mass is 19.4. The van der Waals surface area contributed by atoms with Crippen molar-refractivity contribution in [2.45, 2.75) is 18.6 Å². The number of alkyl halides is 3. The molecule has 0 heterocycles. The van der Waals surface area contributed by atoms with Crippen molar-refractivity contribution in [2.24, 2.45) is 0 Å². The lowest BCUT2D eigenvalue weighted by Crippen LogP contribution is -2.31. The number of anilines is 1. The maximum absolute atomic E-state index is 11.4. The minimum atomic E-state index is -5.08. The van der Waals surface area contributed by atoms with Crippen molar-refractivity contribution < 1.29 is 33.0 Å². The molecule has 0 radical (unpaired) electrons. The van der Waals surface area contributed by atoms with Crippen molar-refractivity contribution >= 4 is 17.6 Å². The topological polar surface area (TPSA) is 110 Å². The second-order valence-electron chi connectivity index (χ2n) is 5.19. The molecule has 0 unspecified atom stereocenters. The highest BCUT2D eigenvalue weighted by molar-refractivity contribution is 5.78. The monoisotopic (exact) mass is 380 g/mol. The molecule has 0 aliphatic heterocycles. The summed E-state index contributed by atoms with van der Waals surface area (Å²) in [6.07, 6.45) is -4.73. The number of benzene rings is 2. The van der Waals surface area contributed by atoms with Crippen molar-refractivity contribution in [3.8, 4) is 6.07 Å². The molecule has 0 bridgehead atoms. The Labute approximate surface area is 152 Å². The average Bonchev–Trinajstić information content (AvgIpc) is 2.62. The van der Waals surface area contributed by atoms with Crippen LogP contribution in [0.1, 0.15) is 11.1 Å². The van der Waals surface area contributed by atoms with Crippen molar-refractivity contribution in [1.29, 1.82) is 5.26 Å². The van der Waals surface area contributed by atoms with Crippen LogP contribution in [0.2, 0.25) is 0 Å². The molecule has 0 spiro atoms. The van der Waals surface area contributed by atoms with E-state index in [0.29, 0.717) is 17.7 Å². The second kappa shape index (κ2) is 9.82. The molecule has 2 aromatic rings. The van der Waals surface area contributed by atoms with Crippen molar-refractivity contribution in [2.75, 3.05) is 5.32 Å². The van der Waals surface area contributed by atoms with Gasteiger partial charge in [0.05, 0.1) is 11.3 Å². The predicted molar refractivity (Wildman–Crippen MR) is 90.0 cm³/mol. The molecule has 0 saturated carbocycles. The molecule has 142 valence electrons. The van der Waals surface area contributed by atoms with E-state index in [0.717, 1.165) is 5.56 Å². The summed E-state index contributed by atoms with van der Waals surface area (Å²) in [5, 5.41) is 28.4. The average molecular weight is 380 g/mol. The molecule has 0 aliphatic carbocycles. The Hall–Kier alpha value is -3.54. The van der Waals surface area contributed by atoms with Gasteiger partial charge in [0.2, 0.25) is 0 Å². The highest BCUT2D eigenvalue weighted by Crippen LogP contribution is 2.16. The van der Waals surface area contributed by atoms with Crippen LogP contribution < -0.4 is 5.32 Å². The van der Waals surface area contributed by atoms with E-state index >= 15 is 0 Å². The molecule has 0 saturated heterocycles. The predicted octanol–water partition coefficient (Wildman–Crippen LogP) is 3.30. The number of carboxylic acid groups (broad SMARTS) is 2. The van der Waals surface area contributed by atoms with Crippen molar-refractivity contribution in [1.82, 2.24) is 0 Å². The van der Waals surface area contributed by atoms with Crippen molar-refractivity contribution in [3.63, 3.8) is 0 Å². The van der Waals surface area contributed by atoms with Crippen LogP contribution in [0, 0.1) is 11.3 Å². The zero-order valence-electron chi connectivity index (χ0n) is 13.8. The third-order valence-corrected chi connectivity index (χ3v) is 3.20. The molecule has 0 amide bonds. The van der Waals surface area contributed by atoms with Gasteiger partial charge in [-0.15, -0.1) is 0 Å². The lowest BCUT2D eigenvalue weighted by atomic mass is 10.1. The number of hydrogen-bond acceptors (Lipinski definition) is 4. The lowest BCUT2D eigenvalue weighted by Gasteiger charge is -2.16. The van der Waals surface area contributed by atoms with Gasteiger partial charge in [0.25, 0.3) is 0 Å². The Bertz CT molecular complexity index is 817. The van der Waals surface area contributed by atoms with Crippen LogP contribution >= 0.6 is 0 Å². The summed E-state index contributed by atoms with van der Waals surface area (Å²) in [6.45, 7) is 0. The van der Waals surface area contributed by atoms with E-state index in [1.807, 2.05) is 36.4 Å². The normalized spacial score (nSPS) is 11.3. The Morgan fingerprint density at radius 3 is 2.04 bits per heavy atom. The molecule has 0 fully saturated rings. The number of nitrogens with one attached hydrogen (secondary N) is 1. The van der Waals surface area contributed by atoms with Gasteiger partial charge in [-0.3, -0.25) is 0 Å². The molecule has 0 aromatic heterocycles. The Morgan fingerprint density at radius 1 is 1.04 bits per heavy atom. The molecule has 0 aliphatic rings. The number of hydrogen-bond donors (Lipinski definition) is 3. The summed E-state index contributed by atoms with van der Waals surface area (Å²) < 4.78 is 31.7. The van der Waals surface area contributed by atoms with Crippen LogP contribution in [0.4, 0.5) is 18.9 Å². The number of carbonyl (C=O) groups is 2. The maximum Gasteiger partial charge on any atom is 0.490 e. The van der Waals surface area contributed by atoms with Gasteiger partial charge in [-0.2, -0.15) is 18.4 Å². The Balaban J connectivity index is 0.000000445. The first-order valence-corrected chi connectivity index (χ1v) is 7.47. The fraction of sp³-hybridized carbons (Fsp3) is 0.167. The molecule has 2 aromatic carbocycles. The standard InChI is InChI=1S/C16H14N2O2.C2HF3O2/c17-11-13-8-4-5-9-14(13)18-15(16(19)20)10-12-6-2-1-3-7-12;3-2(4,5)1(6)7/h1-9,15,18H,10H2,(H,19,20);(H,6,7)/t15-;/m0./s1. The van der Waals surface area contributed by atoms with Gasteiger partial charge in [-0.1, -0.05) is 42.5 Å². The molecule has 1 atom stereocenters. The number of nitriles is 1. The third-order valence-electron chi connectivity index (χ3n) is 3.20. The van der Waals surface area contributed by atoms with Crippen molar-refractivity contribution in [3.05, 3.63) is 65.7 Å². The van der Waals surface area contributed by atoms with E-state index in [4.69, 9.17) is 15.2 Å². The summed E-state index contributed by atoms with van der Waals surface area (Å²) >= 11 is 0. The van der Waals surface area contributed by atoms with E-state index in [-0.39, 0.29) is 0 Å².